The molecule has 0 amide bonds. The van der Waals surface area contributed by atoms with Crippen LogP contribution >= 0.6 is 0 Å². The summed E-state index contributed by atoms with van der Waals surface area (Å²) < 4.78 is 39.6. The zero-order valence-electron chi connectivity index (χ0n) is 8.47. The van der Waals surface area contributed by atoms with Crippen LogP contribution < -0.4 is 4.74 Å². The summed E-state index contributed by atoms with van der Waals surface area (Å²) >= 11 is 0. The standard InChI is InChI=1S/C11H9F3O2/c1-7(2)10-5-9(16-11(12,13)14)4-3-8(10)6-15/h3-6H,1H2,2H3. The van der Waals surface area contributed by atoms with Gasteiger partial charge >= 0.3 is 6.36 Å². The van der Waals surface area contributed by atoms with E-state index in [9.17, 15) is 18.0 Å². The number of allylic oxidation sites excluding steroid dienone is 1. The molecule has 0 atom stereocenters. The largest absolute Gasteiger partial charge is 0.573 e. The van der Waals surface area contributed by atoms with E-state index in [2.05, 4.69) is 11.3 Å². The van der Waals surface area contributed by atoms with Crippen molar-refractivity contribution in [2.45, 2.75) is 13.3 Å². The van der Waals surface area contributed by atoms with E-state index in [0.29, 0.717) is 17.4 Å². The summed E-state index contributed by atoms with van der Waals surface area (Å²) in [6.45, 7) is 5.17. The van der Waals surface area contributed by atoms with Gasteiger partial charge in [0, 0.05) is 5.56 Å². The maximum atomic E-state index is 11.9. The Labute approximate surface area is 90.3 Å². The summed E-state index contributed by atoms with van der Waals surface area (Å²) in [7, 11) is 0. The summed E-state index contributed by atoms with van der Waals surface area (Å²) in [5.74, 6) is -0.365. The van der Waals surface area contributed by atoms with Crippen LogP contribution in [-0.2, 0) is 0 Å². The van der Waals surface area contributed by atoms with E-state index in [-0.39, 0.29) is 11.3 Å². The van der Waals surface area contributed by atoms with Crippen LogP contribution in [-0.4, -0.2) is 12.6 Å². The first kappa shape index (κ1) is 12.3. The molecule has 0 aliphatic heterocycles. The second-order valence-corrected chi connectivity index (χ2v) is 3.20. The lowest BCUT2D eigenvalue weighted by molar-refractivity contribution is -0.274. The minimum atomic E-state index is -4.74. The molecule has 0 aromatic heterocycles. The van der Waals surface area contributed by atoms with Gasteiger partial charge in [0.2, 0.25) is 0 Å². The lowest BCUT2D eigenvalue weighted by Crippen LogP contribution is -2.17. The Bertz CT molecular complexity index is 422. The third-order valence-electron chi connectivity index (χ3n) is 1.85. The topological polar surface area (TPSA) is 26.3 Å². The second-order valence-electron chi connectivity index (χ2n) is 3.20. The van der Waals surface area contributed by atoms with Crippen molar-refractivity contribution in [3.8, 4) is 5.75 Å². The van der Waals surface area contributed by atoms with Crippen molar-refractivity contribution < 1.29 is 22.7 Å². The van der Waals surface area contributed by atoms with Crippen molar-refractivity contribution in [2.75, 3.05) is 0 Å². The van der Waals surface area contributed by atoms with E-state index in [4.69, 9.17) is 0 Å². The van der Waals surface area contributed by atoms with Crippen molar-refractivity contribution >= 4 is 11.9 Å². The average Bonchev–Trinajstić information content (AvgIpc) is 2.15. The molecule has 0 unspecified atom stereocenters. The highest BCUT2D eigenvalue weighted by atomic mass is 19.4. The molecule has 1 rings (SSSR count). The molecular weight excluding hydrogens is 221 g/mol. The number of benzene rings is 1. The Morgan fingerprint density at radius 1 is 1.44 bits per heavy atom. The van der Waals surface area contributed by atoms with Gasteiger partial charge in [0.1, 0.15) is 5.75 Å². The third-order valence-corrected chi connectivity index (χ3v) is 1.85. The highest BCUT2D eigenvalue weighted by Gasteiger charge is 2.31. The Morgan fingerprint density at radius 2 is 2.06 bits per heavy atom. The molecule has 0 radical (unpaired) electrons. The Morgan fingerprint density at radius 3 is 2.50 bits per heavy atom. The van der Waals surface area contributed by atoms with Gasteiger partial charge < -0.3 is 4.74 Å². The van der Waals surface area contributed by atoms with Crippen LogP contribution in [0.2, 0.25) is 0 Å². The minimum absolute atomic E-state index is 0.280. The lowest BCUT2D eigenvalue weighted by atomic mass is 10.0. The van der Waals surface area contributed by atoms with Gasteiger partial charge in [-0.3, -0.25) is 4.79 Å². The number of alkyl halides is 3. The van der Waals surface area contributed by atoms with Crippen molar-refractivity contribution in [3.05, 3.63) is 35.9 Å². The normalized spacial score (nSPS) is 11.0. The fourth-order valence-corrected chi connectivity index (χ4v) is 1.20. The quantitative estimate of drug-likeness (QED) is 0.743. The molecule has 0 heterocycles. The number of hydrogen-bond acceptors (Lipinski definition) is 2. The number of hydrogen-bond donors (Lipinski definition) is 0. The summed E-state index contributed by atoms with van der Waals surface area (Å²) in [6.07, 6.45) is -4.18. The molecule has 0 bridgehead atoms. The molecule has 86 valence electrons. The smallest absolute Gasteiger partial charge is 0.406 e. The maximum Gasteiger partial charge on any atom is 0.573 e. The lowest BCUT2D eigenvalue weighted by Gasteiger charge is -2.11. The average molecular weight is 230 g/mol. The summed E-state index contributed by atoms with van der Waals surface area (Å²) in [5, 5.41) is 0. The molecule has 0 aliphatic carbocycles. The van der Waals surface area contributed by atoms with Crippen LogP contribution in [0, 0.1) is 0 Å². The van der Waals surface area contributed by atoms with Crippen molar-refractivity contribution in [1.82, 2.24) is 0 Å². The maximum absolute atomic E-state index is 11.9. The fourth-order valence-electron chi connectivity index (χ4n) is 1.20. The van der Waals surface area contributed by atoms with E-state index in [1.807, 2.05) is 0 Å². The summed E-state index contributed by atoms with van der Waals surface area (Å²) in [4.78, 5) is 10.6. The number of rotatable bonds is 3. The molecule has 0 N–H and O–H groups in total. The molecule has 0 aliphatic rings. The SMILES string of the molecule is C=C(C)c1cc(OC(F)(F)F)ccc1C=O. The van der Waals surface area contributed by atoms with Crippen LogP contribution in [0.4, 0.5) is 13.2 Å². The first-order chi connectivity index (χ1) is 7.33. The second kappa shape index (κ2) is 4.38. The highest BCUT2D eigenvalue weighted by Crippen LogP contribution is 2.27. The van der Waals surface area contributed by atoms with Crippen LogP contribution in [0.15, 0.2) is 24.8 Å². The molecule has 5 heteroatoms. The number of aldehydes is 1. The molecule has 1 aromatic rings. The molecule has 2 nitrogen and oxygen atoms in total. The molecule has 0 spiro atoms. The minimum Gasteiger partial charge on any atom is -0.406 e. The fraction of sp³-hybridized carbons (Fsp3) is 0.182. The van der Waals surface area contributed by atoms with Gasteiger partial charge in [-0.05, 0) is 30.7 Å². The van der Waals surface area contributed by atoms with E-state index < -0.39 is 6.36 Å². The highest BCUT2D eigenvalue weighted by molar-refractivity contribution is 5.85. The van der Waals surface area contributed by atoms with E-state index in [1.165, 1.54) is 6.07 Å². The van der Waals surface area contributed by atoms with Gasteiger partial charge in [0.25, 0.3) is 0 Å². The molecular formula is C11H9F3O2. The van der Waals surface area contributed by atoms with Gasteiger partial charge in [0.15, 0.2) is 6.29 Å². The van der Waals surface area contributed by atoms with E-state index >= 15 is 0 Å². The molecule has 0 fully saturated rings. The monoisotopic (exact) mass is 230 g/mol. The molecule has 16 heavy (non-hydrogen) atoms. The van der Waals surface area contributed by atoms with E-state index in [0.717, 1.165) is 12.1 Å². The van der Waals surface area contributed by atoms with Gasteiger partial charge in [0.05, 0.1) is 0 Å². The molecule has 1 aromatic carbocycles. The number of ether oxygens (including phenoxy) is 1. The van der Waals surface area contributed by atoms with Crippen molar-refractivity contribution in [2.24, 2.45) is 0 Å². The Kier molecular flexibility index (Phi) is 3.37. The zero-order valence-corrected chi connectivity index (χ0v) is 8.47. The Balaban J connectivity index is 3.12. The van der Waals surface area contributed by atoms with Gasteiger partial charge in [-0.25, -0.2) is 0 Å². The number of carbonyl (C=O) groups is 1. The predicted molar refractivity (Wildman–Crippen MR) is 53.2 cm³/mol. The van der Waals surface area contributed by atoms with E-state index in [1.54, 1.807) is 6.92 Å². The number of halogens is 3. The number of carbonyl (C=O) groups excluding carboxylic acids is 1. The summed E-state index contributed by atoms with van der Waals surface area (Å²) in [5.41, 5.74) is 1.12. The Hall–Kier alpha value is -1.78. The van der Waals surface area contributed by atoms with Gasteiger partial charge in [-0.2, -0.15) is 0 Å². The van der Waals surface area contributed by atoms with Crippen LogP contribution in [0.25, 0.3) is 5.57 Å². The predicted octanol–water partition coefficient (Wildman–Crippen LogP) is 3.43. The molecule has 0 saturated heterocycles. The third kappa shape index (κ3) is 3.12. The van der Waals surface area contributed by atoms with Crippen LogP contribution in [0.3, 0.4) is 0 Å². The van der Waals surface area contributed by atoms with Crippen molar-refractivity contribution in [1.29, 1.82) is 0 Å². The van der Waals surface area contributed by atoms with Gasteiger partial charge in [-0.1, -0.05) is 12.2 Å². The molecule has 0 saturated carbocycles. The first-order valence-corrected chi connectivity index (χ1v) is 4.34. The van der Waals surface area contributed by atoms with Crippen LogP contribution in [0.1, 0.15) is 22.8 Å². The van der Waals surface area contributed by atoms with Gasteiger partial charge in [-0.15, -0.1) is 13.2 Å². The van der Waals surface area contributed by atoms with Crippen molar-refractivity contribution in [3.63, 3.8) is 0 Å². The first-order valence-electron chi connectivity index (χ1n) is 4.34. The zero-order chi connectivity index (χ0) is 12.3. The summed E-state index contributed by atoms with van der Waals surface area (Å²) in [6, 6.07) is 3.49. The van der Waals surface area contributed by atoms with Crippen LogP contribution in [0.5, 0.6) is 5.75 Å².